The van der Waals surface area contributed by atoms with Crippen molar-refractivity contribution in [3.8, 4) is 0 Å². The van der Waals surface area contributed by atoms with E-state index in [4.69, 9.17) is 0 Å². The summed E-state index contributed by atoms with van der Waals surface area (Å²) in [5.41, 5.74) is 5.39. The second-order valence-corrected chi connectivity index (χ2v) is 8.74. The fourth-order valence-electron chi connectivity index (χ4n) is 4.08. The third-order valence-electron chi connectivity index (χ3n) is 4.81. The van der Waals surface area contributed by atoms with Gasteiger partial charge < -0.3 is 9.13 Å². The molecule has 0 aliphatic heterocycles. The van der Waals surface area contributed by atoms with Gasteiger partial charge in [0.1, 0.15) is 0 Å². The zero-order valence-corrected chi connectivity index (χ0v) is 15.5. The van der Waals surface area contributed by atoms with Crippen molar-refractivity contribution in [1.82, 2.24) is 9.13 Å². The Morgan fingerprint density at radius 2 is 0.875 bits per heavy atom. The molecule has 0 fully saturated rings. The lowest BCUT2D eigenvalue weighted by Crippen LogP contribution is -2.21. The fourth-order valence-corrected chi connectivity index (χ4v) is 4.08. The van der Waals surface area contributed by atoms with Gasteiger partial charge in [0.25, 0.3) is 0 Å². The number of hydrogen-bond donors (Lipinski definition) is 0. The molecule has 0 amide bonds. The lowest BCUT2D eigenvalue weighted by molar-refractivity contribution is 0.419. The average molecular weight is 318 g/mol. The molecule has 2 heterocycles. The van der Waals surface area contributed by atoms with Crippen molar-refractivity contribution < 1.29 is 0 Å². The third-order valence-corrected chi connectivity index (χ3v) is 4.81. The summed E-state index contributed by atoms with van der Waals surface area (Å²) in [4.78, 5) is 0. The first-order chi connectivity index (χ1) is 11.2. The van der Waals surface area contributed by atoms with Crippen LogP contribution in [0.1, 0.15) is 41.5 Å². The van der Waals surface area contributed by atoms with E-state index in [-0.39, 0.29) is 11.1 Å². The van der Waals surface area contributed by atoms with Crippen molar-refractivity contribution in [2.45, 2.75) is 52.6 Å². The van der Waals surface area contributed by atoms with Gasteiger partial charge in [0, 0.05) is 21.9 Å². The SMILES string of the molecule is CC(C)(C)n1c2ccccc2c2c1c1ccccc1n2C(C)(C)C. The molecule has 0 radical (unpaired) electrons. The second kappa shape index (κ2) is 4.66. The molecule has 0 spiro atoms. The summed E-state index contributed by atoms with van der Waals surface area (Å²) in [7, 11) is 0. The number of rotatable bonds is 0. The molecule has 0 saturated heterocycles. The number of hydrogen-bond acceptors (Lipinski definition) is 0. The van der Waals surface area contributed by atoms with E-state index in [9.17, 15) is 0 Å². The highest BCUT2D eigenvalue weighted by Crippen LogP contribution is 2.42. The van der Waals surface area contributed by atoms with Gasteiger partial charge in [0.2, 0.25) is 0 Å². The minimum Gasteiger partial charge on any atom is -0.333 e. The minimum atomic E-state index is 0.0220. The molecular formula is C22H26N2. The summed E-state index contributed by atoms with van der Waals surface area (Å²) < 4.78 is 5.03. The topological polar surface area (TPSA) is 9.86 Å². The Morgan fingerprint density at radius 3 is 1.21 bits per heavy atom. The monoisotopic (exact) mass is 318 g/mol. The van der Waals surface area contributed by atoms with E-state index in [1.807, 2.05) is 0 Å². The molecule has 2 heteroatoms. The van der Waals surface area contributed by atoms with Gasteiger partial charge in [-0.25, -0.2) is 0 Å². The van der Waals surface area contributed by atoms with Gasteiger partial charge in [-0.05, 0) is 53.7 Å². The number of aromatic nitrogens is 2. The summed E-state index contributed by atoms with van der Waals surface area (Å²) in [5, 5.41) is 2.68. The molecule has 0 N–H and O–H groups in total. The van der Waals surface area contributed by atoms with Crippen LogP contribution in [0.15, 0.2) is 48.5 Å². The maximum atomic E-state index is 2.52. The lowest BCUT2D eigenvalue weighted by Gasteiger charge is -2.24. The summed E-state index contributed by atoms with van der Waals surface area (Å²) in [5.74, 6) is 0. The molecule has 0 atom stereocenters. The molecule has 2 aromatic heterocycles. The predicted molar refractivity (Wildman–Crippen MR) is 105 cm³/mol. The Bertz CT molecular complexity index is 975. The first-order valence-electron chi connectivity index (χ1n) is 8.75. The van der Waals surface area contributed by atoms with Crippen LogP contribution in [-0.4, -0.2) is 9.13 Å². The summed E-state index contributed by atoms with van der Waals surface area (Å²) in [6.45, 7) is 13.8. The van der Waals surface area contributed by atoms with Gasteiger partial charge in [-0.3, -0.25) is 0 Å². The van der Waals surface area contributed by atoms with Crippen molar-refractivity contribution in [2.75, 3.05) is 0 Å². The van der Waals surface area contributed by atoms with Gasteiger partial charge in [0.05, 0.1) is 22.1 Å². The van der Waals surface area contributed by atoms with Gasteiger partial charge >= 0.3 is 0 Å². The van der Waals surface area contributed by atoms with Crippen LogP contribution in [0.3, 0.4) is 0 Å². The number of nitrogens with zero attached hydrogens (tertiary/aromatic N) is 2. The Balaban J connectivity index is 2.40. The number of benzene rings is 2. The maximum absolute atomic E-state index is 2.52. The van der Waals surface area contributed by atoms with E-state index in [0.29, 0.717) is 0 Å². The van der Waals surface area contributed by atoms with E-state index in [0.717, 1.165) is 0 Å². The second-order valence-electron chi connectivity index (χ2n) is 8.74. The van der Waals surface area contributed by atoms with Gasteiger partial charge in [-0.15, -0.1) is 0 Å². The average Bonchev–Trinajstić information content (AvgIpc) is 2.98. The quantitative estimate of drug-likeness (QED) is 0.362. The maximum Gasteiger partial charge on any atom is 0.0759 e. The predicted octanol–water partition coefficient (Wildman–Crippen LogP) is 6.26. The van der Waals surface area contributed by atoms with Crippen LogP contribution >= 0.6 is 0 Å². The van der Waals surface area contributed by atoms with Crippen LogP contribution in [0.2, 0.25) is 0 Å². The Hall–Kier alpha value is -2.22. The molecule has 4 rings (SSSR count). The smallest absolute Gasteiger partial charge is 0.0759 e. The molecule has 2 nitrogen and oxygen atoms in total. The van der Waals surface area contributed by atoms with Crippen molar-refractivity contribution >= 4 is 32.8 Å². The molecular weight excluding hydrogens is 292 g/mol. The van der Waals surface area contributed by atoms with E-state index in [1.165, 1.54) is 32.8 Å². The zero-order chi connectivity index (χ0) is 17.3. The Kier molecular flexibility index (Phi) is 2.97. The van der Waals surface area contributed by atoms with E-state index in [2.05, 4.69) is 99.2 Å². The van der Waals surface area contributed by atoms with Gasteiger partial charge in [0.15, 0.2) is 0 Å². The zero-order valence-electron chi connectivity index (χ0n) is 15.5. The largest absolute Gasteiger partial charge is 0.333 e. The van der Waals surface area contributed by atoms with Crippen molar-refractivity contribution in [3.63, 3.8) is 0 Å². The summed E-state index contributed by atoms with van der Waals surface area (Å²) >= 11 is 0. The van der Waals surface area contributed by atoms with Gasteiger partial charge in [-0.2, -0.15) is 0 Å². The number of fused-ring (bicyclic) bond motifs is 5. The van der Waals surface area contributed by atoms with Crippen LogP contribution in [-0.2, 0) is 11.1 Å². The van der Waals surface area contributed by atoms with E-state index < -0.39 is 0 Å². The summed E-state index contributed by atoms with van der Waals surface area (Å²) in [6.07, 6.45) is 0. The highest BCUT2D eigenvalue weighted by Gasteiger charge is 2.28. The molecule has 2 aromatic carbocycles. The molecule has 0 unspecified atom stereocenters. The van der Waals surface area contributed by atoms with Crippen LogP contribution in [0, 0.1) is 0 Å². The Labute approximate surface area is 143 Å². The van der Waals surface area contributed by atoms with Crippen LogP contribution in [0.4, 0.5) is 0 Å². The third kappa shape index (κ3) is 1.95. The van der Waals surface area contributed by atoms with Crippen molar-refractivity contribution in [3.05, 3.63) is 48.5 Å². The van der Waals surface area contributed by atoms with Crippen LogP contribution in [0.25, 0.3) is 32.8 Å². The van der Waals surface area contributed by atoms with E-state index in [1.54, 1.807) is 0 Å². The van der Waals surface area contributed by atoms with Crippen LogP contribution < -0.4 is 0 Å². The molecule has 0 saturated carbocycles. The molecule has 24 heavy (non-hydrogen) atoms. The fraction of sp³-hybridized carbons (Fsp3) is 0.364. The minimum absolute atomic E-state index is 0.0220. The molecule has 4 aromatic rings. The first-order valence-corrected chi connectivity index (χ1v) is 8.75. The Morgan fingerprint density at radius 1 is 0.542 bits per heavy atom. The first kappa shape index (κ1) is 15.3. The molecule has 0 aliphatic rings. The normalized spacial score (nSPS) is 13.4. The van der Waals surface area contributed by atoms with Crippen LogP contribution in [0.5, 0.6) is 0 Å². The van der Waals surface area contributed by atoms with E-state index >= 15 is 0 Å². The standard InChI is InChI=1S/C22H26N2/c1-21(2,3)23-17-13-9-7-11-15(17)20-19(23)16-12-8-10-14-18(16)24(20)22(4,5)6/h7-14H,1-6H3. The molecule has 0 aliphatic carbocycles. The van der Waals surface area contributed by atoms with Gasteiger partial charge in [-0.1, -0.05) is 36.4 Å². The highest BCUT2D eigenvalue weighted by atomic mass is 15.1. The number of para-hydroxylation sites is 2. The summed E-state index contributed by atoms with van der Waals surface area (Å²) in [6, 6.07) is 17.6. The molecule has 124 valence electrons. The lowest BCUT2D eigenvalue weighted by atomic mass is 10.1. The van der Waals surface area contributed by atoms with Crippen molar-refractivity contribution in [1.29, 1.82) is 0 Å². The molecule has 0 bridgehead atoms. The van der Waals surface area contributed by atoms with Crippen molar-refractivity contribution in [2.24, 2.45) is 0 Å². The highest BCUT2D eigenvalue weighted by molar-refractivity contribution is 6.18.